The molecule has 138 valence electrons. The van der Waals surface area contributed by atoms with E-state index in [-0.39, 0.29) is 5.69 Å². The highest BCUT2D eigenvalue weighted by Gasteiger charge is 2.16. The van der Waals surface area contributed by atoms with Crippen LogP contribution in [-0.2, 0) is 6.42 Å². The zero-order valence-electron chi connectivity index (χ0n) is 15.4. The topological polar surface area (TPSA) is 90.2 Å². The molecule has 7 heteroatoms. The van der Waals surface area contributed by atoms with Gasteiger partial charge >= 0.3 is 0 Å². The first-order chi connectivity index (χ1) is 13.0. The third-order valence-corrected chi connectivity index (χ3v) is 4.20. The van der Waals surface area contributed by atoms with Gasteiger partial charge in [-0.25, -0.2) is 9.97 Å². The molecule has 3 rings (SSSR count). The summed E-state index contributed by atoms with van der Waals surface area (Å²) in [4.78, 5) is 19.6. The van der Waals surface area contributed by atoms with Gasteiger partial charge in [0.05, 0.1) is 23.8 Å². The summed E-state index contributed by atoms with van der Waals surface area (Å²) in [5, 5.41) is 14.3. The van der Waals surface area contributed by atoms with Crippen molar-refractivity contribution in [3.8, 4) is 5.75 Å². The molecule has 0 atom stereocenters. The van der Waals surface area contributed by atoms with Crippen molar-refractivity contribution in [2.24, 2.45) is 0 Å². The molecule has 0 saturated heterocycles. The van der Waals surface area contributed by atoms with Gasteiger partial charge in [-0.3, -0.25) is 10.1 Å². The van der Waals surface area contributed by atoms with E-state index < -0.39 is 4.92 Å². The van der Waals surface area contributed by atoms with Crippen LogP contribution in [0.4, 0.5) is 17.2 Å². The summed E-state index contributed by atoms with van der Waals surface area (Å²) >= 11 is 0. The van der Waals surface area contributed by atoms with Gasteiger partial charge in [-0.05, 0) is 25.5 Å². The van der Waals surface area contributed by atoms with E-state index in [2.05, 4.69) is 27.4 Å². The number of anilines is 2. The minimum Gasteiger partial charge on any atom is -0.494 e. The third-order valence-electron chi connectivity index (χ3n) is 4.20. The number of nitro benzene ring substituents is 1. The lowest BCUT2D eigenvalue weighted by molar-refractivity contribution is -0.384. The molecule has 7 nitrogen and oxygen atoms in total. The lowest BCUT2D eigenvalue weighted by atomic mass is 10.0. The molecule has 0 aliphatic heterocycles. The molecule has 0 radical (unpaired) electrons. The molecule has 0 amide bonds. The zero-order chi connectivity index (χ0) is 19.4. The summed E-state index contributed by atoms with van der Waals surface area (Å²) in [6.07, 6.45) is 0.671. The van der Waals surface area contributed by atoms with E-state index in [0.717, 1.165) is 16.8 Å². The smallest absolute Gasteiger partial charge is 0.273 e. The lowest BCUT2D eigenvalue weighted by Gasteiger charge is -2.16. The highest BCUT2D eigenvalue weighted by Crippen LogP contribution is 2.32. The Morgan fingerprint density at radius 2 is 1.85 bits per heavy atom. The number of non-ortho nitro benzene ring substituents is 1. The lowest BCUT2D eigenvalue weighted by Crippen LogP contribution is -2.07. The first-order valence-corrected chi connectivity index (χ1v) is 8.45. The molecule has 0 aliphatic carbocycles. The number of aryl methyl sites for hydroxylation is 2. The Labute approximate surface area is 157 Å². The Balaban J connectivity index is 2.00. The summed E-state index contributed by atoms with van der Waals surface area (Å²) in [6, 6.07) is 14.5. The largest absolute Gasteiger partial charge is 0.494 e. The molecule has 0 bridgehead atoms. The van der Waals surface area contributed by atoms with Gasteiger partial charge < -0.3 is 10.1 Å². The molecule has 0 unspecified atom stereocenters. The van der Waals surface area contributed by atoms with Crippen LogP contribution in [0.25, 0.3) is 0 Å². The van der Waals surface area contributed by atoms with Crippen molar-refractivity contribution in [2.45, 2.75) is 20.3 Å². The molecule has 0 fully saturated rings. The van der Waals surface area contributed by atoms with Crippen molar-refractivity contribution < 1.29 is 9.66 Å². The predicted octanol–water partition coefficient (Wildman–Crippen LogP) is 4.34. The van der Waals surface area contributed by atoms with Crippen molar-refractivity contribution >= 4 is 17.2 Å². The second-order valence-corrected chi connectivity index (χ2v) is 6.11. The van der Waals surface area contributed by atoms with Crippen LogP contribution in [0.15, 0.2) is 48.5 Å². The second kappa shape index (κ2) is 7.82. The van der Waals surface area contributed by atoms with Crippen LogP contribution in [0, 0.1) is 24.0 Å². The van der Waals surface area contributed by atoms with E-state index >= 15 is 0 Å². The van der Waals surface area contributed by atoms with Crippen LogP contribution in [0.5, 0.6) is 5.75 Å². The Kier molecular flexibility index (Phi) is 5.30. The first kappa shape index (κ1) is 18.3. The van der Waals surface area contributed by atoms with Gasteiger partial charge in [0.1, 0.15) is 17.4 Å². The standard InChI is InChI=1S/C20H20N4O3/c1-13-17(11-15-7-5-4-6-8-15)20(22-14(2)21-13)23-18-10-9-16(24(25)26)12-19(18)27-3/h4-10,12H,11H2,1-3H3,(H,21,22,23). The maximum absolute atomic E-state index is 11.0. The van der Waals surface area contributed by atoms with E-state index in [1.54, 1.807) is 6.07 Å². The van der Waals surface area contributed by atoms with Crippen LogP contribution >= 0.6 is 0 Å². The quantitative estimate of drug-likeness (QED) is 0.517. The van der Waals surface area contributed by atoms with E-state index in [1.165, 1.54) is 19.2 Å². The Hall–Kier alpha value is -3.48. The number of nitro groups is 1. The summed E-state index contributed by atoms with van der Waals surface area (Å²) in [7, 11) is 1.48. The number of nitrogens with one attached hydrogen (secondary N) is 1. The number of aromatic nitrogens is 2. The molecule has 1 aromatic heterocycles. The third kappa shape index (κ3) is 4.20. The predicted molar refractivity (Wildman–Crippen MR) is 104 cm³/mol. The number of rotatable bonds is 6. The highest BCUT2D eigenvalue weighted by molar-refractivity contribution is 5.69. The molecule has 3 aromatic rings. The molecule has 1 N–H and O–H groups in total. The average molecular weight is 364 g/mol. The minimum absolute atomic E-state index is 0.0306. The molecule has 0 spiro atoms. The van der Waals surface area contributed by atoms with Crippen LogP contribution < -0.4 is 10.1 Å². The summed E-state index contributed by atoms with van der Waals surface area (Å²) in [5.74, 6) is 1.69. The maximum atomic E-state index is 11.0. The van der Waals surface area contributed by atoms with Crippen molar-refractivity contribution in [1.29, 1.82) is 0 Å². The molecule has 27 heavy (non-hydrogen) atoms. The van der Waals surface area contributed by atoms with Gasteiger partial charge in [0, 0.05) is 23.7 Å². The van der Waals surface area contributed by atoms with Crippen LogP contribution in [0.2, 0.25) is 0 Å². The SMILES string of the molecule is COc1cc([N+](=O)[O-])ccc1Nc1nc(C)nc(C)c1Cc1ccccc1. The van der Waals surface area contributed by atoms with E-state index in [9.17, 15) is 10.1 Å². The molecule has 2 aromatic carbocycles. The fourth-order valence-corrected chi connectivity index (χ4v) is 2.88. The average Bonchev–Trinajstić information content (AvgIpc) is 2.65. The van der Waals surface area contributed by atoms with E-state index in [0.29, 0.717) is 29.5 Å². The fraction of sp³-hybridized carbons (Fsp3) is 0.200. The van der Waals surface area contributed by atoms with Crippen LogP contribution in [0.3, 0.4) is 0 Å². The Morgan fingerprint density at radius 3 is 2.52 bits per heavy atom. The number of benzene rings is 2. The van der Waals surface area contributed by atoms with E-state index in [4.69, 9.17) is 4.74 Å². The summed E-state index contributed by atoms with van der Waals surface area (Å²) in [5.41, 5.74) is 3.57. The molecule has 1 heterocycles. The van der Waals surface area contributed by atoms with Gasteiger partial charge in [-0.15, -0.1) is 0 Å². The number of nitrogens with zero attached hydrogens (tertiary/aromatic N) is 3. The fourth-order valence-electron chi connectivity index (χ4n) is 2.88. The number of ether oxygens (including phenoxy) is 1. The van der Waals surface area contributed by atoms with Gasteiger partial charge in [-0.2, -0.15) is 0 Å². The van der Waals surface area contributed by atoms with Crippen molar-refractivity contribution in [2.75, 3.05) is 12.4 Å². The van der Waals surface area contributed by atoms with E-state index in [1.807, 2.05) is 32.0 Å². The van der Waals surface area contributed by atoms with Gasteiger partial charge in [0.2, 0.25) is 0 Å². The number of hydrogen-bond donors (Lipinski definition) is 1. The summed E-state index contributed by atoms with van der Waals surface area (Å²) in [6.45, 7) is 3.78. The molecular weight excluding hydrogens is 344 g/mol. The molecule has 0 aliphatic rings. The zero-order valence-corrected chi connectivity index (χ0v) is 15.4. The Morgan fingerprint density at radius 1 is 1.11 bits per heavy atom. The van der Waals surface area contributed by atoms with Gasteiger partial charge in [-0.1, -0.05) is 30.3 Å². The first-order valence-electron chi connectivity index (χ1n) is 8.45. The molecule has 0 saturated carbocycles. The molecular formula is C20H20N4O3. The van der Waals surface area contributed by atoms with Gasteiger partial charge in [0.25, 0.3) is 5.69 Å². The highest BCUT2D eigenvalue weighted by atomic mass is 16.6. The number of hydrogen-bond acceptors (Lipinski definition) is 6. The normalized spacial score (nSPS) is 10.5. The van der Waals surface area contributed by atoms with Crippen LogP contribution in [0.1, 0.15) is 22.6 Å². The second-order valence-electron chi connectivity index (χ2n) is 6.11. The minimum atomic E-state index is -0.452. The van der Waals surface area contributed by atoms with Crippen molar-refractivity contribution in [3.63, 3.8) is 0 Å². The summed E-state index contributed by atoms with van der Waals surface area (Å²) < 4.78 is 5.32. The maximum Gasteiger partial charge on any atom is 0.273 e. The van der Waals surface area contributed by atoms with Crippen LogP contribution in [-0.4, -0.2) is 22.0 Å². The van der Waals surface area contributed by atoms with Gasteiger partial charge in [0.15, 0.2) is 0 Å². The number of methoxy groups -OCH3 is 1. The Bertz CT molecular complexity index is 974. The monoisotopic (exact) mass is 364 g/mol. The van der Waals surface area contributed by atoms with Crippen molar-refractivity contribution in [1.82, 2.24) is 9.97 Å². The van der Waals surface area contributed by atoms with Crippen molar-refractivity contribution in [3.05, 3.63) is 81.3 Å².